The van der Waals surface area contributed by atoms with E-state index in [1.54, 1.807) is 19.0 Å². The van der Waals surface area contributed by atoms with Gasteiger partial charge in [0.25, 0.3) is 0 Å². The quantitative estimate of drug-likeness (QED) is 0.695. The van der Waals surface area contributed by atoms with E-state index in [9.17, 15) is 4.79 Å². The third kappa shape index (κ3) is 2.82. The van der Waals surface area contributed by atoms with Crippen LogP contribution in [0.2, 0.25) is 0 Å². The fourth-order valence-corrected chi connectivity index (χ4v) is 3.30. The van der Waals surface area contributed by atoms with Crippen molar-refractivity contribution in [2.45, 2.75) is 10.4 Å². The maximum atomic E-state index is 12.6. The first-order valence-electron chi connectivity index (χ1n) is 6.89. The maximum Gasteiger partial charge on any atom is 0.240 e. The molecular formula is C16H16N4OS. The van der Waals surface area contributed by atoms with Crippen molar-refractivity contribution in [2.24, 2.45) is 0 Å². The number of amides is 1. The van der Waals surface area contributed by atoms with Crippen molar-refractivity contribution in [3.8, 4) is 0 Å². The summed E-state index contributed by atoms with van der Waals surface area (Å²) < 4.78 is 1.89. The van der Waals surface area contributed by atoms with Gasteiger partial charge in [-0.3, -0.25) is 9.20 Å². The highest BCUT2D eigenvalue weighted by molar-refractivity contribution is 8.00. The van der Waals surface area contributed by atoms with Gasteiger partial charge in [-0.2, -0.15) is 0 Å². The van der Waals surface area contributed by atoms with Crippen LogP contribution in [0.3, 0.4) is 0 Å². The minimum Gasteiger partial charge on any atom is -0.348 e. The van der Waals surface area contributed by atoms with Gasteiger partial charge in [0.05, 0.1) is 0 Å². The number of aromatic nitrogens is 3. The molecule has 3 rings (SSSR count). The first-order chi connectivity index (χ1) is 10.7. The van der Waals surface area contributed by atoms with Crippen LogP contribution >= 0.6 is 11.8 Å². The second kappa shape index (κ2) is 6.19. The first kappa shape index (κ1) is 14.6. The molecule has 0 spiro atoms. The molecule has 112 valence electrons. The number of hydrogen-bond acceptors (Lipinski definition) is 4. The lowest BCUT2D eigenvalue weighted by molar-refractivity contribution is -0.128. The van der Waals surface area contributed by atoms with Gasteiger partial charge in [0.1, 0.15) is 5.25 Å². The molecule has 0 fully saturated rings. The Labute approximate surface area is 133 Å². The van der Waals surface area contributed by atoms with Crippen LogP contribution in [0.25, 0.3) is 5.65 Å². The van der Waals surface area contributed by atoms with Gasteiger partial charge in [-0.1, -0.05) is 48.2 Å². The Hall–Kier alpha value is -2.34. The highest BCUT2D eigenvalue weighted by atomic mass is 32.2. The van der Waals surface area contributed by atoms with Crippen molar-refractivity contribution in [2.75, 3.05) is 14.1 Å². The summed E-state index contributed by atoms with van der Waals surface area (Å²) >= 11 is 1.41. The number of likely N-dealkylation sites (N-methyl/N-ethyl adjacent to an activating group) is 1. The molecule has 0 bridgehead atoms. The summed E-state index contributed by atoms with van der Waals surface area (Å²) in [6.07, 6.45) is 1.90. The van der Waals surface area contributed by atoms with Gasteiger partial charge < -0.3 is 4.90 Å². The molecule has 0 aliphatic rings. The molecule has 6 heteroatoms. The van der Waals surface area contributed by atoms with Crippen molar-refractivity contribution >= 4 is 23.3 Å². The number of fused-ring (bicyclic) bond motifs is 1. The number of pyridine rings is 1. The molecule has 0 radical (unpaired) electrons. The van der Waals surface area contributed by atoms with E-state index in [-0.39, 0.29) is 11.2 Å². The second-order valence-electron chi connectivity index (χ2n) is 5.05. The standard InChI is InChI=1S/C16H16N4OS/c1-19(2)15(21)14(12-8-4-3-5-9-12)22-16-18-17-13-10-6-7-11-20(13)16/h3-11,14H,1-2H3/t14-/m1/s1. The van der Waals surface area contributed by atoms with Crippen molar-refractivity contribution in [3.63, 3.8) is 0 Å². The molecule has 3 aromatic rings. The monoisotopic (exact) mass is 312 g/mol. The van der Waals surface area contributed by atoms with E-state index in [2.05, 4.69) is 10.2 Å². The number of thioether (sulfide) groups is 1. The highest BCUT2D eigenvalue weighted by Crippen LogP contribution is 2.35. The van der Waals surface area contributed by atoms with Crippen LogP contribution < -0.4 is 0 Å². The summed E-state index contributed by atoms with van der Waals surface area (Å²) in [6.45, 7) is 0. The SMILES string of the molecule is CN(C)C(=O)[C@H](Sc1nnc2ccccn12)c1ccccc1. The Kier molecular flexibility index (Phi) is 4.11. The summed E-state index contributed by atoms with van der Waals surface area (Å²) in [5.74, 6) is 0.0314. The second-order valence-corrected chi connectivity index (χ2v) is 6.12. The Morgan fingerprint density at radius 1 is 1.09 bits per heavy atom. The predicted molar refractivity (Wildman–Crippen MR) is 86.7 cm³/mol. The van der Waals surface area contributed by atoms with Crippen LogP contribution in [0.5, 0.6) is 0 Å². The molecule has 5 nitrogen and oxygen atoms in total. The molecule has 0 saturated heterocycles. The molecule has 1 amide bonds. The van der Waals surface area contributed by atoms with Crippen molar-refractivity contribution in [1.29, 1.82) is 0 Å². The highest BCUT2D eigenvalue weighted by Gasteiger charge is 2.25. The zero-order valence-corrected chi connectivity index (χ0v) is 13.2. The van der Waals surface area contributed by atoms with Crippen molar-refractivity contribution < 1.29 is 4.79 Å². The summed E-state index contributed by atoms with van der Waals surface area (Å²) in [7, 11) is 3.53. The molecule has 0 saturated carbocycles. The van der Waals surface area contributed by atoms with Gasteiger partial charge in [-0.15, -0.1) is 10.2 Å². The Bertz CT molecular complexity index is 785. The number of nitrogens with zero attached hydrogens (tertiary/aromatic N) is 4. The topological polar surface area (TPSA) is 50.5 Å². The van der Waals surface area contributed by atoms with Gasteiger partial charge in [-0.25, -0.2) is 0 Å². The lowest BCUT2D eigenvalue weighted by atomic mass is 10.1. The molecule has 1 atom stereocenters. The number of hydrogen-bond donors (Lipinski definition) is 0. The van der Waals surface area contributed by atoms with Crippen LogP contribution in [0.15, 0.2) is 59.9 Å². The molecule has 0 aliphatic heterocycles. The fourth-order valence-electron chi connectivity index (χ4n) is 2.13. The summed E-state index contributed by atoms with van der Waals surface area (Å²) in [5.41, 5.74) is 1.73. The number of rotatable bonds is 4. The molecule has 0 unspecified atom stereocenters. The number of carbonyl (C=O) groups excluding carboxylic acids is 1. The Balaban J connectivity index is 1.98. The number of benzene rings is 1. The average Bonchev–Trinajstić information content (AvgIpc) is 2.96. The third-order valence-electron chi connectivity index (χ3n) is 3.27. The Morgan fingerprint density at radius 3 is 2.55 bits per heavy atom. The van der Waals surface area contributed by atoms with E-state index in [0.29, 0.717) is 5.16 Å². The summed E-state index contributed by atoms with van der Waals surface area (Å²) in [5, 5.41) is 8.71. The minimum absolute atomic E-state index is 0.0314. The normalized spacial score (nSPS) is 12.3. The molecule has 2 aromatic heterocycles. The lowest BCUT2D eigenvalue weighted by Crippen LogP contribution is -2.26. The summed E-state index contributed by atoms with van der Waals surface area (Å²) in [6, 6.07) is 15.5. The predicted octanol–water partition coefficient (Wildman–Crippen LogP) is 2.65. The average molecular weight is 312 g/mol. The molecule has 1 aromatic carbocycles. The van der Waals surface area contributed by atoms with Gasteiger partial charge in [0.2, 0.25) is 5.91 Å². The van der Waals surface area contributed by atoms with E-state index in [1.807, 2.05) is 59.1 Å². The van der Waals surface area contributed by atoms with Crippen LogP contribution in [0.1, 0.15) is 10.8 Å². The van der Waals surface area contributed by atoms with Crippen molar-refractivity contribution in [3.05, 3.63) is 60.3 Å². The molecule has 0 N–H and O–H groups in total. The van der Waals surface area contributed by atoms with Crippen molar-refractivity contribution in [1.82, 2.24) is 19.5 Å². The number of carbonyl (C=O) groups is 1. The molecule has 22 heavy (non-hydrogen) atoms. The summed E-state index contributed by atoms with van der Waals surface area (Å²) in [4.78, 5) is 14.2. The Morgan fingerprint density at radius 2 is 1.82 bits per heavy atom. The van der Waals surface area contributed by atoms with E-state index in [0.717, 1.165) is 11.2 Å². The largest absolute Gasteiger partial charge is 0.348 e. The fraction of sp³-hybridized carbons (Fsp3) is 0.188. The molecule has 0 aliphatic carbocycles. The van der Waals surface area contributed by atoms with Gasteiger partial charge >= 0.3 is 0 Å². The zero-order valence-electron chi connectivity index (χ0n) is 12.4. The first-order valence-corrected chi connectivity index (χ1v) is 7.77. The lowest BCUT2D eigenvalue weighted by Gasteiger charge is -2.19. The van der Waals surface area contributed by atoms with Crippen LogP contribution in [0, 0.1) is 0 Å². The van der Waals surface area contributed by atoms with Gasteiger partial charge in [0.15, 0.2) is 10.8 Å². The van der Waals surface area contributed by atoms with E-state index < -0.39 is 0 Å². The maximum absolute atomic E-state index is 12.6. The smallest absolute Gasteiger partial charge is 0.240 e. The van der Waals surface area contributed by atoms with Crippen LogP contribution in [-0.2, 0) is 4.79 Å². The van der Waals surface area contributed by atoms with E-state index in [4.69, 9.17) is 0 Å². The zero-order chi connectivity index (χ0) is 15.5. The van der Waals surface area contributed by atoms with Crippen LogP contribution in [-0.4, -0.2) is 39.5 Å². The third-order valence-corrected chi connectivity index (χ3v) is 4.47. The van der Waals surface area contributed by atoms with Gasteiger partial charge in [-0.05, 0) is 17.7 Å². The van der Waals surface area contributed by atoms with E-state index >= 15 is 0 Å². The van der Waals surface area contributed by atoms with E-state index in [1.165, 1.54) is 11.8 Å². The molecule has 2 heterocycles. The molecular weight excluding hydrogens is 296 g/mol. The minimum atomic E-state index is -0.344. The van der Waals surface area contributed by atoms with Gasteiger partial charge in [0, 0.05) is 20.3 Å². The van der Waals surface area contributed by atoms with Crippen LogP contribution in [0.4, 0.5) is 0 Å².